The first kappa shape index (κ1) is 13.5. The Morgan fingerprint density at radius 3 is 2.29 bits per heavy atom. The van der Waals surface area contributed by atoms with Gasteiger partial charge in [0.05, 0.1) is 6.61 Å². The van der Waals surface area contributed by atoms with Crippen LogP contribution in [0.1, 0.15) is 16.7 Å². The first-order chi connectivity index (χ1) is 10.1. The maximum absolute atomic E-state index is 10.1. The van der Waals surface area contributed by atoms with Gasteiger partial charge in [0.2, 0.25) is 0 Å². The normalized spacial score (nSPS) is 11.1. The van der Waals surface area contributed by atoms with E-state index in [1.807, 2.05) is 25.1 Å². The van der Waals surface area contributed by atoms with E-state index in [9.17, 15) is 15.3 Å². The summed E-state index contributed by atoms with van der Waals surface area (Å²) in [5.41, 5.74) is 2.02. The highest BCUT2D eigenvalue weighted by molar-refractivity contribution is 6.12. The summed E-state index contributed by atoms with van der Waals surface area (Å²) >= 11 is 0. The van der Waals surface area contributed by atoms with Crippen molar-refractivity contribution in [2.24, 2.45) is 0 Å². The summed E-state index contributed by atoms with van der Waals surface area (Å²) in [6, 6.07) is 9.02. The van der Waals surface area contributed by atoms with Crippen LogP contribution in [0.25, 0.3) is 27.6 Å². The molecule has 3 aromatic carbocycles. The third kappa shape index (κ3) is 1.86. The molecule has 0 atom stereocenters. The molecule has 0 spiro atoms. The molecule has 0 saturated heterocycles. The van der Waals surface area contributed by atoms with Crippen molar-refractivity contribution in [1.82, 2.24) is 0 Å². The highest BCUT2D eigenvalue weighted by Crippen LogP contribution is 2.37. The van der Waals surface area contributed by atoms with Gasteiger partial charge in [0.25, 0.3) is 0 Å². The summed E-state index contributed by atoms with van der Waals surface area (Å²) in [5, 5.41) is 33.1. The van der Waals surface area contributed by atoms with E-state index in [0.29, 0.717) is 5.56 Å². The lowest BCUT2D eigenvalue weighted by molar-refractivity contribution is 0.275. The number of aliphatic hydroxyl groups is 1. The predicted molar refractivity (Wildman–Crippen MR) is 85.5 cm³/mol. The zero-order valence-electron chi connectivity index (χ0n) is 11.7. The molecule has 0 aliphatic rings. The van der Waals surface area contributed by atoms with Crippen molar-refractivity contribution in [3.8, 4) is 11.5 Å². The zero-order valence-corrected chi connectivity index (χ0v) is 11.7. The van der Waals surface area contributed by atoms with Crippen LogP contribution in [-0.2, 0) is 6.61 Å². The Morgan fingerprint density at radius 1 is 0.952 bits per heavy atom. The van der Waals surface area contributed by atoms with Crippen molar-refractivity contribution in [2.45, 2.75) is 13.5 Å². The minimum Gasteiger partial charge on any atom is -0.508 e. The van der Waals surface area contributed by atoms with Crippen molar-refractivity contribution in [2.75, 3.05) is 0 Å². The maximum atomic E-state index is 10.1. The Balaban J connectivity index is 2.55. The van der Waals surface area contributed by atoms with Gasteiger partial charge in [-0.1, -0.05) is 30.9 Å². The molecule has 0 heterocycles. The van der Waals surface area contributed by atoms with Gasteiger partial charge in [-0.15, -0.1) is 0 Å². The molecular weight excluding hydrogens is 264 g/mol. The molecule has 3 heteroatoms. The fraction of sp³-hybridized carbons (Fsp3) is 0.111. The van der Waals surface area contributed by atoms with E-state index in [1.54, 1.807) is 18.2 Å². The van der Waals surface area contributed by atoms with Gasteiger partial charge < -0.3 is 15.3 Å². The fourth-order valence-corrected chi connectivity index (χ4v) is 2.88. The summed E-state index contributed by atoms with van der Waals surface area (Å²) in [6.07, 6.45) is 1.65. The lowest BCUT2D eigenvalue weighted by Crippen LogP contribution is -1.93. The zero-order chi connectivity index (χ0) is 15.1. The molecule has 0 unspecified atom stereocenters. The van der Waals surface area contributed by atoms with E-state index in [1.165, 1.54) is 0 Å². The molecule has 3 aromatic rings. The van der Waals surface area contributed by atoms with Gasteiger partial charge >= 0.3 is 0 Å². The van der Waals surface area contributed by atoms with Crippen LogP contribution in [0.3, 0.4) is 0 Å². The van der Waals surface area contributed by atoms with Crippen LogP contribution in [-0.4, -0.2) is 15.3 Å². The number of aryl methyl sites for hydroxylation is 1. The molecule has 0 aliphatic carbocycles. The predicted octanol–water partition coefficient (Wildman–Crippen LogP) is 3.85. The minimum absolute atomic E-state index is 0.0538. The number of rotatable bonds is 2. The monoisotopic (exact) mass is 280 g/mol. The molecule has 3 rings (SSSR count). The number of hydrogen-bond acceptors (Lipinski definition) is 3. The van der Waals surface area contributed by atoms with E-state index >= 15 is 0 Å². The van der Waals surface area contributed by atoms with Crippen LogP contribution < -0.4 is 0 Å². The first-order valence-corrected chi connectivity index (χ1v) is 6.71. The molecular formula is C18H16O3. The van der Waals surface area contributed by atoms with Gasteiger partial charge in [0.1, 0.15) is 11.5 Å². The smallest absolute Gasteiger partial charge is 0.122 e. The van der Waals surface area contributed by atoms with E-state index in [4.69, 9.17) is 0 Å². The second-order valence-corrected chi connectivity index (χ2v) is 5.12. The molecule has 0 saturated carbocycles. The number of benzene rings is 3. The average Bonchev–Trinajstić information content (AvgIpc) is 2.49. The Labute approximate surface area is 122 Å². The van der Waals surface area contributed by atoms with Crippen molar-refractivity contribution < 1.29 is 15.3 Å². The summed E-state index contributed by atoms with van der Waals surface area (Å²) in [4.78, 5) is 0. The molecule has 0 aromatic heterocycles. The Bertz CT molecular complexity index is 879. The van der Waals surface area contributed by atoms with Crippen LogP contribution in [0.5, 0.6) is 11.5 Å². The second kappa shape index (κ2) is 4.79. The number of phenolic OH excluding ortho intramolecular Hbond substituents is 1. The van der Waals surface area contributed by atoms with Crippen LogP contribution in [0.4, 0.5) is 0 Å². The second-order valence-electron chi connectivity index (χ2n) is 5.12. The summed E-state index contributed by atoms with van der Waals surface area (Å²) in [7, 11) is 0. The van der Waals surface area contributed by atoms with Crippen LogP contribution in [0, 0.1) is 6.92 Å². The number of fused-ring (bicyclic) bond motifs is 3. The average molecular weight is 280 g/mol. The third-order valence-electron chi connectivity index (χ3n) is 4.05. The first-order valence-electron chi connectivity index (χ1n) is 6.71. The Hall–Kier alpha value is -2.52. The molecule has 0 aliphatic heterocycles. The van der Waals surface area contributed by atoms with Gasteiger partial charge in [0.15, 0.2) is 0 Å². The van der Waals surface area contributed by atoms with Crippen molar-refractivity contribution in [1.29, 1.82) is 0 Å². The van der Waals surface area contributed by atoms with Crippen LogP contribution in [0.15, 0.2) is 36.9 Å². The molecule has 3 nitrogen and oxygen atoms in total. The quantitative estimate of drug-likeness (QED) is 0.625. The highest BCUT2D eigenvalue weighted by atomic mass is 16.3. The lowest BCUT2D eigenvalue weighted by Gasteiger charge is -2.14. The lowest BCUT2D eigenvalue weighted by atomic mass is 9.93. The third-order valence-corrected chi connectivity index (χ3v) is 4.05. The number of hydrogen-bond donors (Lipinski definition) is 3. The molecule has 0 radical (unpaired) electrons. The number of aromatic hydroxyl groups is 2. The van der Waals surface area contributed by atoms with Crippen LogP contribution >= 0.6 is 0 Å². The van der Waals surface area contributed by atoms with Gasteiger partial charge in [-0.3, -0.25) is 0 Å². The topological polar surface area (TPSA) is 60.7 Å². The summed E-state index contributed by atoms with van der Waals surface area (Å²) in [6.45, 7) is 5.40. The van der Waals surface area contributed by atoms with Gasteiger partial charge in [-0.25, -0.2) is 0 Å². The van der Waals surface area contributed by atoms with E-state index in [0.717, 1.165) is 32.7 Å². The van der Waals surface area contributed by atoms with Crippen LogP contribution in [0.2, 0.25) is 0 Å². The standard InChI is InChI=1S/C18H16O3/c1-3-11-13-5-4-12-10(2)17(20)7-6-14(12)15(13)8-18(21)16(11)9-19/h3-8,19-21H,1,9H2,2H3. The molecule has 3 N–H and O–H groups in total. The number of aliphatic hydroxyl groups excluding tert-OH is 1. The minimum atomic E-state index is -0.240. The largest absolute Gasteiger partial charge is 0.508 e. The molecule has 0 bridgehead atoms. The molecule has 0 fully saturated rings. The van der Waals surface area contributed by atoms with Crippen molar-refractivity contribution in [3.05, 3.63) is 53.6 Å². The molecule has 0 amide bonds. The molecule has 106 valence electrons. The Kier molecular flexibility index (Phi) is 3.07. The van der Waals surface area contributed by atoms with E-state index < -0.39 is 0 Å². The van der Waals surface area contributed by atoms with E-state index in [2.05, 4.69) is 6.58 Å². The van der Waals surface area contributed by atoms with Crippen molar-refractivity contribution >= 4 is 27.6 Å². The van der Waals surface area contributed by atoms with Crippen molar-refractivity contribution in [3.63, 3.8) is 0 Å². The van der Waals surface area contributed by atoms with E-state index in [-0.39, 0.29) is 18.1 Å². The van der Waals surface area contributed by atoms with Gasteiger partial charge in [-0.2, -0.15) is 0 Å². The number of phenols is 2. The van der Waals surface area contributed by atoms with Gasteiger partial charge in [0, 0.05) is 5.56 Å². The fourth-order valence-electron chi connectivity index (χ4n) is 2.88. The SMILES string of the molecule is C=Cc1c(CO)c(O)cc2c1ccc1c(C)c(O)ccc12. The summed E-state index contributed by atoms with van der Waals surface area (Å²) < 4.78 is 0. The summed E-state index contributed by atoms with van der Waals surface area (Å²) in [5.74, 6) is 0.306. The maximum Gasteiger partial charge on any atom is 0.122 e. The highest BCUT2D eigenvalue weighted by Gasteiger charge is 2.13. The van der Waals surface area contributed by atoms with Gasteiger partial charge in [-0.05, 0) is 51.7 Å². The molecule has 21 heavy (non-hydrogen) atoms. The Morgan fingerprint density at radius 2 is 1.62 bits per heavy atom.